The average molecular weight is 258 g/mol. The van der Waals surface area contributed by atoms with Crippen LogP contribution in [0.4, 0.5) is 0 Å². The van der Waals surface area contributed by atoms with Crippen LogP contribution in [0, 0.1) is 0 Å². The summed E-state index contributed by atoms with van der Waals surface area (Å²) >= 11 is 7.47. The molecule has 0 amide bonds. The summed E-state index contributed by atoms with van der Waals surface area (Å²) in [5.41, 5.74) is 0. The second-order valence-electron chi connectivity index (χ2n) is 3.28. The minimum absolute atomic E-state index is 0.494. The molecule has 0 saturated heterocycles. The highest BCUT2D eigenvalue weighted by Gasteiger charge is 2.12. The minimum Gasteiger partial charge on any atom is -0.418 e. The van der Waals surface area contributed by atoms with Crippen LogP contribution < -0.4 is 5.32 Å². The lowest BCUT2D eigenvalue weighted by Gasteiger charge is -1.96. The summed E-state index contributed by atoms with van der Waals surface area (Å²) in [4.78, 5) is 0.830. The Kier molecular flexibility index (Phi) is 3.93. The molecular formula is C10H12ClN3OS. The van der Waals surface area contributed by atoms with E-state index in [9.17, 15) is 0 Å². The average Bonchev–Trinajstić information content (AvgIpc) is 2.87. The standard InChI is InChI=1S/C10H12ClN3OS/c1-2-4-12-6-8-13-14-10(15-8)9-7(11)3-5-16-9/h3,5,12H,2,4,6H2,1H3. The van der Waals surface area contributed by atoms with Gasteiger partial charge in [0.05, 0.1) is 11.6 Å². The summed E-state index contributed by atoms with van der Waals surface area (Å²) in [6, 6.07) is 1.82. The molecule has 0 atom stereocenters. The largest absolute Gasteiger partial charge is 0.418 e. The van der Waals surface area contributed by atoms with Gasteiger partial charge in [-0.15, -0.1) is 21.5 Å². The molecule has 86 valence electrons. The van der Waals surface area contributed by atoms with Crippen molar-refractivity contribution in [1.29, 1.82) is 0 Å². The third kappa shape index (κ3) is 2.61. The zero-order valence-corrected chi connectivity index (χ0v) is 10.4. The number of aromatic nitrogens is 2. The van der Waals surface area contributed by atoms with Crippen LogP contribution in [0.5, 0.6) is 0 Å². The Morgan fingerprint density at radius 1 is 1.50 bits per heavy atom. The monoisotopic (exact) mass is 257 g/mol. The van der Waals surface area contributed by atoms with Crippen LogP contribution in [0.3, 0.4) is 0 Å². The maximum Gasteiger partial charge on any atom is 0.259 e. The highest BCUT2D eigenvalue weighted by molar-refractivity contribution is 7.14. The molecular weight excluding hydrogens is 246 g/mol. The molecule has 4 nitrogen and oxygen atoms in total. The van der Waals surface area contributed by atoms with E-state index in [0.29, 0.717) is 23.3 Å². The predicted molar refractivity (Wildman–Crippen MR) is 64.6 cm³/mol. The molecule has 2 aromatic rings. The van der Waals surface area contributed by atoms with E-state index in [1.807, 2.05) is 11.4 Å². The third-order valence-electron chi connectivity index (χ3n) is 1.98. The van der Waals surface area contributed by atoms with E-state index in [1.54, 1.807) is 0 Å². The molecule has 0 aromatic carbocycles. The molecule has 0 aliphatic carbocycles. The molecule has 0 fully saturated rings. The second-order valence-corrected chi connectivity index (χ2v) is 4.60. The first-order chi connectivity index (χ1) is 7.81. The van der Waals surface area contributed by atoms with Gasteiger partial charge in [-0.1, -0.05) is 18.5 Å². The molecule has 0 saturated carbocycles. The summed E-state index contributed by atoms with van der Waals surface area (Å²) in [6.45, 7) is 3.65. The van der Waals surface area contributed by atoms with Crippen LogP contribution in [0.25, 0.3) is 10.8 Å². The van der Waals surface area contributed by atoms with E-state index in [1.165, 1.54) is 11.3 Å². The molecule has 2 heterocycles. The van der Waals surface area contributed by atoms with E-state index in [-0.39, 0.29) is 0 Å². The van der Waals surface area contributed by atoms with Gasteiger partial charge < -0.3 is 9.73 Å². The smallest absolute Gasteiger partial charge is 0.259 e. The van der Waals surface area contributed by atoms with Crippen LogP contribution in [0.2, 0.25) is 5.02 Å². The number of hydrogen-bond acceptors (Lipinski definition) is 5. The molecule has 1 N–H and O–H groups in total. The van der Waals surface area contributed by atoms with Crippen LogP contribution >= 0.6 is 22.9 Å². The van der Waals surface area contributed by atoms with Gasteiger partial charge >= 0.3 is 0 Å². The Bertz CT molecular complexity index is 454. The van der Waals surface area contributed by atoms with E-state index < -0.39 is 0 Å². The first-order valence-electron chi connectivity index (χ1n) is 5.07. The van der Waals surface area contributed by atoms with Crippen molar-refractivity contribution in [2.45, 2.75) is 19.9 Å². The molecule has 0 spiro atoms. The second kappa shape index (κ2) is 5.43. The zero-order valence-electron chi connectivity index (χ0n) is 8.86. The number of rotatable bonds is 5. The van der Waals surface area contributed by atoms with E-state index >= 15 is 0 Å². The van der Waals surface area contributed by atoms with Crippen LogP contribution in [-0.4, -0.2) is 16.7 Å². The lowest BCUT2D eigenvalue weighted by Crippen LogP contribution is -2.13. The summed E-state index contributed by atoms with van der Waals surface area (Å²) in [5, 5.41) is 13.7. The molecule has 2 aromatic heterocycles. The van der Waals surface area contributed by atoms with Crippen molar-refractivity contribution < 1.29 is 4.42 Å². The lowest BCUT2D eigenvalue weighted by atomic mass is 10.4. The van der Waals surface area contributed by atoms with E-state index in [2.05, 4.69) is 22.4 Å². The predicted octanol–water partition coefficient (Wildman–Crippen LogP) is 2.95. The van der Waals surface area contributed by atoms with Gasteiger partial charge in [0.1, 0.15) is 4.88 Å². The Hall–Kier alpha value is -0.910. The van der Waals surface area contributed by atoms with Gasteiger partial charge in [-0.25, -0.2) is 0 Å². The lowest BCUT2D eigenvalue weighted by molar-refractivity contribution is 0.478. The van der Waals surface area contributed by atoms with Gasteiger partial charge in [0, 0.05) is 0 Å². The number of nitrogens with zero attached hydrogens (tertiary/aromatic N) is 2. The van der Waals surface area contributed by atoms with Crippen LogP contribution in [-0.2, 0) is 6.54 Å². The Morgan fingerprint density at radius 3 is 3.06 bits per heavy atom. The summed E-state index contributed by atoms with van der Waals surface area (Å²) < 4.78 is 5.50. The SMILES string of the molecule is CCCNCc1nnc(-c2sccc2Cl)o1. The van der Waals surface area contributed by atoms with Crippen LogP contribution in [0.1, 0.15) is 19.2 Å². The molecule has 16 heavy (non-hydrogen) atoms. The first-order valence-corrected chi connectivity index (χ1v) is 6.33. The summed E-state index contributed by atoms with van der Waals surface area (Å²) in [7, 11) is 0. The van der Waals surface area contributed by atoms with Crippen LogP contribution in [0.15, 0.2) is 15.9 Å². The molecule has 0 radical (unpaired) electrons. The number of nitrogens with one attached hydrogen (secondary N) is 1. The quantitative estimate of drug-likeness (QED) is 0.837. The van der Waals surface area contributed by atoms with Gasteiger partial charge in [-0.2, -0.15) is 0 Å². The highest BCUT2D eigenvalue weighted by Crippen LogP contribution is 2.31. The summed E-state index contributed by atoms with van der Waals surface area (Å²) in [6.07, 6.45) is 1.08. The van der Waals surface area contributed by atoms with E-state index in [0.717, 1.165) is 17.8 Å². The first kappa shape index (κ1) is 11.6. The molecule has 0 unspecified atom stereocenters. The normalized spacial score (nSPS) is 10.9. The van der Waals surface area contributed by atoms with Crippen molar-refractivity contribution >= 4 is 22.9 Å². The topological polar surface area (TPSA) is 51.0 Å². The van der Waals surface area contributed by atoms with Gasteiger partial charge in [0.25, 0.3) is 5.89 Å². The van der Waals surface area contributed by atoms with Gasteiger partial charge in [0.15, 0.2) is 0 Å². The highest BCUT2D eigenvalue weighted by atomic mass is 35.5. The molecule has 0 aliphatic rings. The Balaban J connectivity index is 2.05. The van der Waals surface area contributed by atoms with Crippen molar-refractivity contribution in [2.24, 2.45) is 0 Å². The van der Waals surface area contributed by atoms with Gasteiger partial charge in [-0.05, 0) is 24.4 Å². The fourth-order valence-electron chi connectivity index (χ4n) is 1.24. The Morgan fingerprint density at radius 2 is 2.38 bits per heavy atom. The molecule has 2 rings (SSSR count). The third-order valence-corrected chi connectivity index (χ3v) is 3.31. The maximum absolute atomic E-state index is 5.98. The van der Waals surface area contributed by atoms with Gasteiger partial charge in [-0.3, -0.25) is 0 Å². The van der Waals surface area contributed by atoms with Crippen molar-refractivity contribution in [3.63, 3.8) is 0 Å². The molecule has 0 aliphatic heterocycles. The zero-order chi connectivity index (χ0) is 11.4. The number of halogens is 1. The fraction of sp³-hybridized carbons (Fsp3) is 0.400. The fourth-order valence-corrected chi connectivity index (χ4v) is 2.29. The maximum atomic E-state index is 5.98. The number of thiophene rings is 1. The van der Waals surface area contributed by atoms with Crippen molar-refractivity contribution in [3.05, 3.63) is 22.4 Å². The molecule has 6 heteroatoms. The summed E-state index contributed by atoms with van der Waals surface area (Å²) in [5.74, 6) is 1.08. The van der Waals surface area contributed by atoms with E-state index in [4.69, 9.17) is 16.0 Å². The number of hydrogen-bond donors (Lipinski definition) is 1. The minimum atomic E-state index is 0.494. The molecule has 0 bridgehead atoms. The van der Waals surface area contributed by atoms with Gasteiger partial charge in [0.2, 0.25) is 5.89 Å². The van der Waals surface area contributed by atoms with Crippen molar-refractivity contribution in [1.82, 2.24) is 15.5 Å². The Labute approximate surface area is 103 Å². The van der Waals surface area contributed by atoms with Crippen molar-refractivity contribution in [3.8, 4) is 10.8 Å². The van der Waals surface area contributed by atoms with Crippen molar-refractivity contribution in [2.75, 3.05) is 6.54 Å².